The Bertz CT molecular complexity index is 683. The number of nitro groups is 1. The van der Waals surface area contributed by atoms with Gasteiger partial charge in [0.05, 0.1) is 9.82 Å². The zero-order chi connectivity index (χ0) is 16.9. The summed E-state index contributed by atoms with van der Waals surface area (Å²) in [6.07, 6.45) is 1.73. The van der Waals surface area contributed by atoms with E-state index in [1.807, 2.05) is 6.92 Å². The topological polar surface area (TPSA) is 128 Å². The van der Waals surface area contributed by atoms with Gasteiger partial charge in [-0.25, -0.2) is 13.6 Å². The SMILES string of the molecule is C/C(CCC(C)C)=N\Nc1ccc(S(N)(=O)=O)cc1[N+](=O)[O-]. The molecule has 9 heteroatoms. The second-order valence-electron chi connectivity index (χ2n) is 5.37. The van der Waals surface area contributed by atoms with E-state index in [2.05, 4.69) is 24.4 Å². The predicted molar refractivity (Wildman–Crippen MR) is 85.3 cm³/mol. The summed E-state index contributed by atoms with van der Waals surface area (Å²) < 4.78 is 22.5. The van der Waals surface area contributed by atoms with E-state index >= 15 is 0 Å². The van der Waals surface area contributed by atoms with Gasteiger partial charge < -0.3 is 0 Å². The maximum absolute atomic E-state index is 11.2. The number of nitro benzene ring substituents is 1. The summed E-state index contributed by atoms with van der Waals surface area (Å²) in [7, 11) is -3.99. The van der Waals surface area contributed by atoms with Gasteiger partial charge in [0.2, 0.25) is 10.0 Å². The van der Waals surface area contributed by atoms with Crippen LogP contribution in [0.5, 0.6) is 0 Å². The van der Waals surface area contributed by atoms with Crippen LogP contribution in [0, 0.1) is 16.0 Å². The van der Waals surface area contributed by atoms with Crippen molar-refractivity contribution in [1.82, 2.24) is 0 Å². The first-order valence-corrected chi connectivity index (χ1v) is 8.26. The lowest BCUT2D eigenvalue weighted by Gasteiger charge is -2.07. The molecule has 1 rings (SSSR count). The van der Waals surface area contributed by atoms with Crippen LogP contribution in [0.15, 0.2) is 28.2 Å². The van der Waals surface area contributed by atoms with Crippen molar-refractivity contribution in [2.24, 2.45) is 16.2 Å². The van der Waals surface area contributed by atoms with E-state index < -0.39 is 20.6 Å². The Hall–Kier alpha value is -2.00. The van der Waals surface area contributed by atoms with Gasteiger partial charge in [-0.15, -0.1) is 0 Å². The maximum Gasteiger partial charge on any atom is 0.295 e. The van der Waals surface area contributed by atoms with Gasteiger partial charge in [-0.2, -0.15) is 5.10 Å². The molecule has 1 aromatic rings. The Balaban J connectivity index is 3.00. The maximum atomic E-state index is 11.2. The number of nitrogens with two attached hydrogens (primary N) is 1. The van der Waals surface area contributed by atoms with Gasteiger partial charge in [0.15, 0.2) is 0 Å². The van der Waals surface area contributed by atoms with Crippen molar-refractivity contribution in [2.45, 2.75) is 38.5 Å². The van der Waals surface area contributed by atoms with Gasteiger partial charge in [0.25, 0.3) is 5.69 Å². The number of nitrogens with zero attached hydrogens (tertiary/aromatic N) is 2. The minimum Gasteiger partial charge on any atom is -0.272 e. The van der Waals surface area contributed by atoms with Crippen molar-refractivity contribution in [3.63, 3.8) is 0 Å². The van der Waals surface area contributed by atoms with E-state index in [1.165, 1.54) is 12.1 Å². The summed E-state index contributed by atoms with van der Waals surface area (Å²) in [5, 5.41) is 20.1. The lowest BCUT2D eigenvalue weighted by Crippen LogP contribution is -2.12. The Morgan fingerprint density at radius 3 is 2.59 bits per heavy atom. The molecule has 22 heavy (non-hydrogen) atoms. The van der Waals surface area contributed by atoms with E-state index in [4.69, 9.17) is 5.14 Å². The van der Waals surface area contributed by atoms with Crippen LogP contribution in [0.3, 0.4) is 0 Å². The van der Waals surface area contributed by atoms with Crippen molar-refractivity contribution in [2.75, 3.05) is 5.43 Å². The smallest absolute Gasteiger partial charge is 0.272 e. The van der Waals surface area contributed by atoms with E-state index in [0.29, 0.717) is 5.92 Å². The zero-order valence-corrected chi connectivity index (χ0v) is 13.6. The molecule has 0 heterocycles. The number of rotatable bonds is 7. The highest BCUT2D eigenvalue weighted by Crippen LogP contribution is 2.27. The van der Waals surface area contributed by atoms with E-state index in [0.717, 1.165) is 24.6 Å². The standard InChI is InChI=1S/C13H20N4O4S/c1-9(2)4-5-10(3)15-16-12-7-6-11(22(14,20)21)8-13(12)17(18)19/h6-9,16H,4-5H2,1-3H3,(H2,14,20,21)/b15-10+. The van der Waals surface area contributed by atoms with Gasteiger partial charge >= 0.3 is 0 Å². The quantitative estimate of drug-likeness (QED) is 0.451. The van der Waals surface area contributed by atoms with Crippen molar-refractivity contribution in [3.8, 4) is 0 Å². The molecule has 0 saturated heterocycles. The van der Waals surface area contributed by atoms with Crippen molar-refractivity contribution < 1.29 is 13.3 Å². The molecular weight excluding hydrogens is 308 g/mol. The van der Waals surface area contributed by atoms with Crippen LogP contribution in [0.1, 0.15) is 33.6 Å². The monoisotopic (exact) mass is 328 g/mol. The molecule has 0 saturated carbocycles. The minimum atomic E-state index is -3.99. The molecule has 122 valence electrons. The predicted octanol–water partition coefficient (Wildman–Crippen LogP) is 2.47. The number of hydrazone groups is 1. The van der Waals surface area contributed by atoms with Gasteiger partial charge in [0, 0.05) is 11.8 Å². The molecule has 0 radical (unpaired) electrons. The van der Waals surface area contributed by atoms with Crippen molar-refractivity contribution in [3.05, 3.63) is 28.3 Å². The average Bonchev–Trinajstić information content (AvgIpc) is 2.41. The number of nitrogens with one attached hydrogen (secondary N) is 1. The van der Waals surface area contributed by atoms with Gasteiger partial charge in [-0.1, -0.05) is 13.8 Å². The molecule has 3 N–H and O–H groups in total. The van der Waals surface area contributed by atoms with Crippen LogP contribution < -0.4 is 10.6 Å². The van der Waals surface area contributed by atoms with Crippen LogP contribution in [-0.2, 0) is 10.0 Å². The first kappa shape index (κ1) is 18.1. The summed E-state index contributed by atoms with van der Waals surface area (Å²) in [5.41, 5.74) is 3.13. The number of hydrogen-bond acceptors (Lipinski definition) is 6. The molecular formula is C13H20N4O4S. The minimum absolute atomic E-state index is 0.112. The molecule has 8 nitrogen and oxygen atoms in total. The van der Waals surface area contributed by atoms with Crippen LogP contribution in [0.25, 0.3) is 0 Å². The fourth-order valence-electron chi connectivity index (χ4n) is 1.64. The number of sulfonamides is 1. The first-order chi connectivity index (χ1) is 10.1. The van der Waals surface area contributed by atoms with Crippen LogP contribution >= 0.6 is 0 Å². The summed E-state index contributed by atoms with van der Waals surface area (Å²) >= 11 is 0. The van der Waals surface area contributed by atoms with Crippen molar-refractivity contribution in [1.29, 1.82) is 0 Å². The highest BCUT2D eigenvalue weighted by Gasteiger charge is 2.18. The van der Waals surface area contributed by atoms with Crippen LogP contribution in [-0.4, -0.2) is 19.1 Å². The Labute approximate surface area is 129 Å². The zero-order valence-electron chi connectivity index (χ0n) is 12.7. The molecule has 0 amide bonds. The molecule has 0 aliphatic rings. The van der Waals surface area contributed by atoms with Gasteiger partial charge in [0.1, 0.15) is 5.69 Å². The van der Waals surface area contributed by atoms with E-state index in [-0.39, 0.29) is 10.6 Å². The van der Waals surface area contributed by atoms with Gasteiger partial charge in [-0.05, 0) is 37.8 Å². The lowest BCUT2D eigenvalue weighted by molar-refractivity contribution is -0.384. The number of hydrogen-bond donors (Lipinski definition) is 2. The molecule has 0 atom stereocenters. The number of anilines is 1. The van der Waals surface area contributed by atoms with Crippen LogP contribution in [0.2, 0.25) is 0 Å². The molecule has 0 unspecified atom stereocenters. The third-order valence-electron chi connectivity index (χ3n) is 2.95. The summed E-state index contributed by atoms with van der Waals surface area (Å²) in [6.45, 7) is 6.01. The Morgan fingerprint density at radius 2 is 2.09 bits per heavy atom. The van der Waals surface area contributed by atoms with E-state index in [9.17, 15) is 18.5 Å². The molecule has 1 aromatic carbocycles. The van der Waals surface area contributed by atoms with Gasteiger partial charge in [-0.3, -0.25) is 15.5 Å². The van der Waals surface area contributed by atoms with Crippen LogP contribution in [0.4, 0.5) is 11.4 Å². The fraction of sp³-hybridized carbons (Fsp3) is 0.462. The molecule has 0 spiro atoms. The Morgan fingerprint density at radius 1 is 1.45 bits per heavy atom. The molecule has 0 fully saturated rings. The first-order valence-electron chi connectivity index (χ1n) is 6.71. The Kier molecular flexibility index (Phi) is 6.01. The largest absolute Gasteiger partial charge is 0.295 e. The third kappa shape index (κ3) is 5.41. The number of primary sulfonamides is 1. The second-order valence-corrected chi connectivity index (χ2v) is 6.93. The molecule has 0 aliphatic heterocycles. The molecule has 0 bridgehead atoms. The summed E-state index contributed by atoms with van der Waals surface area (Å²) in [5.74, 6) is 0.536. The number of benzene rings is 1. The second kappa shape index (κ2) is 7.32. The summed E-state index contributed by atoms with van der Waals surface area (Å²) in [6, 6.07) is 3.39. The lowest BCUT2D eigenvalue weighted by atomic mass is 10.1. The summed E-state index contributed by atoms with van der Waals surface area (Å²) in [4.78, 5) is 10.0. The van der Waals surface area contributed by atoms with E-state index in [1.54, 1.807) is 0 Å². The highest BCUT2D eigenvalue weighted by atomic mass is 32.2. The highest BCUT2D eigenvalue weighted by molar-refractivity contribution is 7.89. The van der Waals surface area contributed by atoms with Crippen molar-refractivity contribution >= 4 is 27.1 Å². The fourth-order valence-corrected chi connectivity index (χ4v) is 2.18. The third-order valence-corrected chi connectivity index (χ3v) is 3.86. The normalized spacial score (nSPS) is 12.5. The molecule has 0 aromatic heterocycles. The average molecular weight is 328 g/mol. The molecule has 0 aliphatic carbocycles.